The van der Waals surface area contributed by atoms with Gasteiger partial charge in [0.1, 0.15) is 0 Å². The van der Waals surface area contributed by atoms with E-state index in [1.165, 1.54) is 25.7 Å². The third-order valence-corrected chi connectivity index (χ3v) is 5.04. The van der Waals surface area contributed by atoms with Gasteiger partial charge in [-0.05, 0) is 42.6 Å². The van der Waals surface area contributed by atoms with Gasteiger partial charge in [0, 0.05) is 5.41 Å². The quantitative estimate of drug-likeness (QED) is 0.638. The van der Waals surface area contributed by atoms with Crippen LogP contribution in [0.2, 0.25) is 0 Å². The first-order valence-electron chi connectivity index (χ1n) is 6.20. The average molecular weight is 200 g/mol. The summed E-state index contributed by atoms with van der Waals surface area (Å²) in [6.07, 6.45) is 5.74. The highest BCUT2D eigenvalue weighted by atomic mass is 14.6. The second kappa shape index (κ2) is 2.87. The van der Waals surface area contributed by atoms with Gasteiger partial charge in [0.25, 0.3) is 0 Å². The van der Waals surface area contributed by atoms with E-state index in [-0.39, 0.29) is 0 Å². The predicted molar refractivity (Wildman–Crippen MR) is 63.9 cm³/mol. The zero-order valence-electron chi connectivity index (χ0n) is 9.79. The molecule has 1 aromatic rings. The van der Waals surface area contributed by atoms with Gasteiger partial charge in [0.15, 0.2) is 0 Å². The van der Waals surface area contributed by atoms with Gasteiger partial charge >= 0.3 is 0 Å². The van der Waals surface area contributed by atoms with E-state index in [0.29, 0.717) is 10.8 Å². The Morgan fingerprint density at radius 3 is 2.33 bits per heavy atom. The molecule has 0 radical (unpaired) electrons. The van der Waals surface area contributed by atoms with Gasteiger partial charge in [0.2, 0.25) is 0 Å². The smallest absolute Gasteiger partial charge is 0.000695 e. The van der Waals surface area contributed by atoms with Crippen LogP contribution < -0.4 is 0 Å². The van der Waals surface area contributed by atoms with Gasteiger partial charge in [0.05, 0.1) is 0 Å². The van der Waals surface area contributed by atoms with Crippen LogP contribution >= 0.6 is 0 Å². The number of hydrogen-bond donors (Lipinski definition) is 0. The average Bonchev–Trinajstić information content (AvgIpc) is 2.74. The van der Waals surface area contributed by atoms with Crippen molar-refractivity contribution in [3.63, 3.8) is 0 Å². The van der Waals surface area contributed by atoms with E-state index in [9.17, 15) is 0 Å². The highest BCUT2D eigenvalue weighted by Crippen LogP contribution is 2.64. The van der Waals surface area contributed by atoms with Crippen LogP contribution in [-0.4, -0.2) is 0 Å². The second-order valence-electron chi connectivity index (χ2n) is 6.14. The molecule has 2 atom stereocenters. The molecule has 0 spiro atoms. The third-order valence-electron chi connectivity index (χ3n) is 5.04. The standard InChI is InChI=1S/C15H20/c1-14(2)10-12-8-9-15(14,11-12)13-6-4-3-5-7-13/h3-7,12H,8-11H2,1-2H3. The summed E-state index contributed by atoms with van der Waals surface area (Å²) >= 11 is 0. The van der Waals surface area contributed by atoms with Crippen LogP contribution in [0, 0.1) is 11.3 Å². The molecule has 2 aliphatic carbocycles. The fraction of sp³-hybridized carbons (Fsp3) is 0.600. The Balaban J connectivity index is 2.10. The third kappa shape index (κ3) is 1.14. The topological polar surface area (TPSA) is 0 Å². The molecule has 1 aromatic carbocycles. The lowest BCUT2D eigenvalue weighted by molar-refractivity contribution is 0.172. The molecule has 0 heteroatoms. The van der Waals surface area contributed by atoms with E-state index < -0.39 is 0 Å². The predicted octanol–water partition coefficient (Wildman–Crippen LogP) is 4.15. The number of benzene rings is 1. The van der Waals surface area contributed by atoms with Crippen molar-refractivity contribution in [2.75, 3.05) is 0 Å². The summed E-state index contributed by atoms with van der Waals surface area (Å²) < 4.78 is 0. The van der Waals surface area contributed by atoms with Crippen LogP contribution in [-0.2, 0) is 5.41 Å². The molecule has 0 amide bonds. The van der Waals surface area contributed by atoms with Gasteiger partial charge < -0.3 is 0 Å². The summed E-state index contributed by atoms with van der Waals surface area (Å²) in [6, 6.07) is 11.2. The molecule has 2 fully saturated rings. The van der Waals surface area contributed by atoms with Crippen molar-refractivity contribution in [3.8, 4) is 0 Å². The highest BCUT2D eigenvalue weighted by Gasteiger charge is 2.57. The first-order valence-corrected chi connectivity index (χ1v) is 6.20. The van der Waals surface area contributed by atoms with Crippen molar-refractivity contribution in [2.24, 2.45) is 11.3 Å². The van der Waals surface area contributed by atoms with Gasteiger partial charge in [-0.25, -0.2) is 0 Å². The molecule has 0 aliphatic heterocycles. The molecule has 2 saturated carbocycles. The van der Waals surface area contributed by atoms with Crippen molar-refractivity contribution < 1.29 is 0 Å². The van der Waals surface area contributed by atoms with Crippen molar-refractivity contribution in [3.05, 3.63) is 35.9 Å². The Bertz CT molecular complexity index is 363. The molecule has 0 aromatic heterocycles. The van der Waals surface area contributed by atoms with Crippen LogP contribution in [0.3, 0.4) is 0 Å². The van der Waals surface area contributed by atoms with E-state index in [4.69, 9.17) is 0 Å². The van der Waals surface area contributed by atoms with E-state index in [1.807, 2.05) is 0 Å². The lowest BCUT2D eigenvalue weighted by Gasteiger charge is -2.42. The van der Waals surface area contributed by atoms with Gasteiger partial charge in [-0.15, -0.1) is 0 Å². The van der Waals surface area contributed by atoms with Crippen molar-refractivity contribution in [2.45, 2.75) is 44.9 Å². The van der Waals surface area contributed by atoms with E-state index in [1.54, 1.807) is 5.56 Å². The molecule has 2 unspecified atom stereocenters. The first kappa shape index (κ1) is 9.45. The SMILES string of the molecule is CC1(C)CC2CCC1(c1ccccc1)C2. The van der Waals surface area contributed by atoms with Crippen LogP contribution in [0.4, 0.5) is 0 Å². The summed E-state index contributed by atoms with van der Waals surface area (Å²) in [6.45, 7) is 4.94. The summed E-state index contributed by atoms with van der Waals surface area (Å²) in [5.74, 6) is 1.00. The fourth-order valence-corrected chi connectivity index (χ4v) is 4.26. The van der Waals surface area contributed by atoms with Gasteiger partial charge in [-0.3, -0.25) is 0 Å². The Hall–Kier alpha value is -0.780. The zero-order chi connectivity index (χ0) is 10.5. The van der Waals surface area contributed by atoms with Crippen LogP contribution in [0.15, 0.2) is 30.3 Å². The van der Waals surface area contributed by atoms with Crippen molar-refractivity contribution in [1.82, 2.24) is 0 Å². The molecule has 0 heterocycles. The number of fused-ring (bicyclic) bond motifs is 2. The highest BCUT2D eigenvalue weighted by molar-refractivity contribution is 5.32. The molecular weight excluding hydrogens is 180 g/mol. The minimum Gasteiger partial charge on any atom is -0.0622 e. The van der Waals surface area contributed by atoms with E-state index >= 15 is 0 Å². The van der Waals surface area contributed by atoms with Crippen molar-refractivity contribution >= 4 is 0 Å². The monoisotopic (exact) mass is 200 g/mol. The summed E-state index contributed by atoms with van der Waals surface area (Å²) in [4.78, 5) is 0. The van der Waals surface area contributed by atoms with Crippen LogP contribution in [0.5, 0.6) is 0 Å². The lowest BCUT2D eigenvalue weighted by Crippen LogP contribution is -2.37. The van der Waals surface area contributed by atoms with E-state index in [0.717, 1.165) is 5.92 Å². The Morgan fingerprint density at radius 2 is 1.80 bits per heavy atom. The molecular formula is C15H20. The lowest BCUT2D eigenvalue weighted by atomic mass is 9.62. The second-order valence-corrected chi connectivity index (χ2v) is 6.14. The summed E-state index contributed by atoms with van der Waals surface area (Å²) in [7, 11) is 0. The van der Waals surface area contributed by atoms with Gasteiger partial charge in [-0.1, -0.05) is 44.2 Å². The Kier molecular flexibility index (Phi) is 1.81. The number of rotatable bonds is 1. The van der Waals surface area contributed by atoms with Gasteiger partial charge in [-0.2, -0.15) is 0 Å². The Morgan fingerprint density at radius 1 is 1.07 bits per heavy atom. The summed E-state index contributed by atoms with van der Waals surface area (Å²) in [5.41, 5.74) is 2.60. The normalized spacial score (nSPS) is 37.1. The summed E-state index contributed by atoms with van der Waals surface area (Å²) in [5, 5.41) is 0. The molecule has 0 nitrogen and oxygen atoms in total. The maximum absolute atomic E-state index is 2.47. The minimum atomic E-state index is 0.499. The maximum Gasteiger partial charge on any atom is 0.000695 e. The molecule has 0 N–H and O–H groups in total. The largest absolute Gasteiger partial charge is 0.0622 e. The molecule has 15 heavy (non-hydrogen) atoms. The molecule has 2 bridgehead atoms. The first-order chi connectivity index (χ1) is 7.14. The minimum absolute atomic E-state index is 0.499. The Labute approximate surface area is 92.7 Å². The molecule has 3 rings (SSSR count). The van der Waals surface area contributed by atoms with Crippen LogP contribution in [0.1, 0.15) is 45.1 Å². The fourth-order valence-electron chi connectivity index (χ4n) is 4.26. The number of hydrogen-bond acceptors (Lipinski definition) is 0. The molecule has 2 aliphatic rings. The molecule has 80 valence electrons. The van der Waals surface area contributed by atoms with E-state index in [2.05, 4.69) is 44.2 Å². The maximum atomic E-state index is 2.47. The van der Waals surface area contributed by atoms with Crippen LogP contribution in [0.25, 0.3) is 0 Å². The molecule has 0 saturated heterocycles. The van der Waals surface area contributed by atoms with Crippen molar-refractivity contribution in [1.29, 1.82) is 0 Å². The zero-order valence-corrected chi connectivity index (χ0v) is 9.79.